The lowest BCUT2D eigenvalue weighted by atomic mass is 10.4. The van der Waals surface area contributed by atoms with Crippen LogP contribution in [0.3, 0.4) is 0 Å². The molecule has 0 aromatic carbocycles. The number of rotatable bonds is 6. The molecule has 2 N–H and O–H groups in total. The highest BCUT2D eigenvalue weighted by Crippen LogP contribution is 2.15. The summed E-state index contributed by atoms with van der Waals surface area (Å²) in [5.74, 6) is 0. The molecule has 110 valence electrons. The Labute approximate surface area is 122 Å². The molecule has 0 aliphatic heterocycles. The smallest absolute Gasteiger partial charge is 0.242 e. The van der Waals surface area contributed by atoms with Crippen molar-refractivity contribution in [1.82, 2.24) is 14.3 Å². The van der Waals surface area contributed by atoms with Gasteiger partial charge in [-0.15, -0.1) is 11.3 Å². The summed E-state index contributed by atoms with van der Waals surface area (Å²) in [6, 6.07) is 1.48. The Kier molecular flexibility index (Phi) is 4.59. The summed E-state index contributed by atoms with van der Waals surface area (Å²) in [5, 5.41) is 11.9. The molecular formula is C12H17N3O3S2. The molecule has 0 spiro atoms. The molecule has 0 saturated heterocycles. The molecule has 0 fully saturated rings. The molecule has 0 radical (unpaired) electrons. The molecule has 6 nitrogen and oxygen atoms in total. The van der Waals surface area contributed by atoms with Crippen molar-refractivity contribution in [1.29, 1.82) is 0 Å². The Balaban J connectivity index is 2.15. The summed E-state index contributed by atoms with van der Waals surface area (Å²) in [4.78, 5) is 4.37. The highest BCUT2D eigenvalue weighted by Gasteiger charge is 2.18. The van der Waals surface area contributed by atoms with Gasteiger partial charge in [0.25, 0.3) is 0 Å². The van der Waals surface area contributed by atoms with E-state index in [4.69, 9.17) is 0 Å². The summed E-state index contributed by atoms with van der Waals surface area (Å²) in [7, 11) is -3.59. The van der Waals surface area contributed by atoms with Crippen LogP contribution in [0.2, 0.25) is 0 Å². The van der Waals surface area contributed by atoms with Gasteiger partial charge < -0.3 is 9.67 Å². The van der Waals surface area contributed by atoms with E-state index in [9.17, 15) is 13.5 Å². The summed E-state index contributed by atoms with van der Waals surface area (Å²) >= 11 is 1.48. The Bertz CT molecular complexity index is 667. The SMILES string of the molecule is CCn1cc(S(=O)(=O)NCc2csc(C)n2)cc1CO. The van der Waals surface area contributed by atoms with Crippen LogP contribution in [-0.2, 0) is 29.7 Å². The summed E-state index contributed by atoms with van der Waals surface area (Å²) in [5.41, 5.74) is 1.28. The van der Waals surface area contributed by atoms with Crippen LogP contribution < -0.4 is 4.72 Å². The summed E-state index contributed by atoms with van der Waals surface area (Å²) in [6.07, 6.45) is 1.53. The monoisotopic (exact) mass is 315 g/mol. The minimum absolute atomic E-state index is 0.162. The minimum atomic E-state index is -3.59. The van der Waals surface area contributed by atoms with Crippen LogP contribution in [0.5, 0.6) is 0 Å². The molecule has 2 rings (SSSR count). The number of sulfonamides is 1. The zero-order chi connectivity index (χ0) is 14.8. The number of aliphatic hydroxyl groups excluding tert-OH is 1. The molecule has 2 heterocycles. The third kappa shape index (κ3) is 3.26. The standard InChI is InChI=1S/C12H17N3O3S2/c1-3-15-6-12(4-11(15)7-16)20(17,18)13-5-10-8-19-9(2)14-10/h4,6,8,13,16H,3,5,7H2,1-2H3. The first kappa shape index (κ1) is 15.2. The molecule has 0 aliphatic carbocycles. The van der Waals surface area contributed by atoms with Crippen molar-refractivity contribution in [2.45, 2.75) is 38.4 Å². The molecule has 2 aromatic rings. The van der Waals surface area contributed by atoms with Crippen LogP contribution >= 0.6 is 11.3 Å². The topological polar surface area (TPSA) is 84.2 Å². The number of nitrogens with one attached hydrogen (secondary N) is 1. The lowest BCUT2D eigenvalue weighted by Crippen LogP contribution is -2.23. The van der Waals surface area contributed by atoms with Gasteiger partial charge >= 0.3 is 0 Å². The Morgan fingerprint density at radius 3 is 2.75 bits per heavy atom. The van der Waals surface area contributed by atoms with Crippen molar-refractivity contribution in [3.63, 3.8) is 0 Å². The number of hydrogen-bond donors (Lipinski definition) is 2. The predicted molar refractivity (Wildman–Crippen MR) is 76.9 cm³/mol. The van der Waals surface area contributed by atoms with Gasteiger partial charge in [-0.25, -0.2) is 18.1 Å². The highest BCUT2D eigenvalue weighted by atomic mass is 32.2. The van der Waals surface area contributed by atoms with Gasteiger partial charge in [0.1, 0.15) is 0 Å². The van der Waals surface area contributed by atoms with Gasteiger partial charge in [-0.2, -0.15) is 0 Å². The normalized spacial score (nSPS) is 11.9. The molecular weight excluding hydrogens is 298 g/mol. The van der Waals surface area contributed by atoms with Crippen LogP contribution in [0.15, 0.2) is 22.5 Å². The number of aryl methyl sites for hydroxylation is 2. The Morgan fingerprint density at radius 1 is 1.50 bits per heavy atom. The van der Waals surface area contributed by atoms with Crippen LogP contribution in [0.1, 0.15) is 23.3 Å². The Hall–Kier alpha value is -1.22. The van der Waals surface area contributed by atoms with E-state index in [0.29, 0.717) is 17.9 Å². The van der Waals surface area contributed by atoms with Crippen molar-refractivity contribution >= 4 is 21.4 Å². The molecule has 0 aliphatic rings. The fraction of sp³-hybridized carbons (Fsp3) is 0.417. The lowest BCUT2D eigenvalue weighted by Gasteiger charge is -2.03. The van der Waals surface area contributed by atoms with Crippen LogP contribution in [0, 0.1) is 6.92 Å². The number of aliphatic hydroxyl groups is 1. The van der Waals surface area contributed by atoms with Crippen LogP contribution in [0.4, 0.5) is 0 Å². The van der Waals surface area contributed by atoms with E-state index in [1.807, 2.05) is 19.2 Å². The fourth-order valence-corrected chi connectivity index (χ4v) is 3.51. The van der Waals surface area contributed by atoms with Crippen molar-refractivity contribution in [3.8, 4) is 0 Å². The van der Waals surface area contributed by atoms with E-state index < -0.39 is 10.0 Å². The van der Waals surface area contributed by atoms with E-state index >= 15 is 0 Å². The minimum Gasteiger partial charge on any atom is -0.390 e. The van der Waals surface area contributed by atoms with E-state index in [-0.39, 0.29) is 18.0 Å². The van der Waals surface area contributed by atoms with E-state index in [0.717, 1.165) is 5.01 Å². The van der Waals surface area contributed by atoms with Gasteiger partial charge in [0.15, 0.2) is 0 Å². The average molecular weight is 315 g/mol. The molecule has 0 atom stereocenters. The lowest BCUT2D eigenvalue weighted by molar-refractivity contribution is 0.271. The number of aromatic nitrogens is 2. The Morgan fingerprint density at radius 2 is 2.25 bits per heavy atom. The fourth-order valence-electron chi connectivity index (χ4n) is 1.84. The highest BCUT2D eigenvalue weighted by molar-refractivity contribution is 7.89. The van der Waals surface area contributed by atoms with Gasteiger partial charge in [-0.1, -0.05) is 0 Å². The van der Waals surface area contributed by atoms with Crippen molar-refractivity contribution in [2.24, 2.45) is 0 Å². The molecule has 0 unspecified atom stereocenters. The van der Waals surface area contributed by atoms with Gasteiger partial charge in [0.2, 0.25) is 10.0 Å². The third-order valence-corrected chi connectivity index (χ3v) is 5.07. The third-order valence-electron chi connectivity index (χ3n) is 2.88. The van der Waals surface area contributed by atoms with Crippen molar-refractivity contribution in [3.05, 3.63) is 34.0 Å². The summed E-state index contributed by atoms with van der Waals surface area (Å²) < 4.78 is 28.6. The van der Waals surface area contributed by atoms with E-state index in [1.54, 1.807) is 4.57 Å². The first-order valence-corrected chi connectivity index (χ1v) is 8.53. The van der Waals surface area contributed by atoms with Crippen molar-refractivity contribution < 1.29 is 13.5 Å². The maximum absolute atomic E-state index is 12.2. The second-order valence-corrected chi connectivity index (χ2v) is 7.12. The molecule has 0 bridgehead atoms. The van der Waals surface area contributed by atoms with Crippen LogP contribution in [-0.4, -0.2) is 23.1 Å². The van der Waals surface area contributed by atoms with Gasteiger partial charge in [0, 0.05) is 23.8 Å². The van der Waals surface area contributed by atoms with E-state index in [2.05, 4.69) is 9.71 Å². The maximum Gasteiger partial charge on any atom is 0.242 e. The first-order valence-electron chi connectivity index (χ1n) is 6.17. The molecule has 0 amide bonds. The average Bonchev–Trinajstić information content (AvgIpc) is 3.02. The number of thiazole rings is 1. The molecule has 2 aromatic heterocycles. The van der Waals surface area contributed by atoms with Gasteiger partial charge in [-0.05, 0) is 19.9 Å². The molecule has 20 heavy (non-hydrogen) atoms. The summed E-state index contributed by atoms with van der Waals surface area (Å²) in [6.45, 7) is 4.35. The second kappa shape index (κ2) is 6.04. The van der Waals surface area contributed by atoms with Crippen molar-refractivity contribution in [2.75, 3.05) is 0 Å². The largest absolute Gasteiger partial charge is 0.390 e. The van der Waals surface area contributed by atoms with Gasteiger partial charge in [0.05, 0.1) is 28.7 Å². The zero-order valence-corrected chi connectivity index (χ0v) is 13.0. The van der Waals surface area contributed by atoms with E-state index in [1.165, 1.54) is 23.6 Å². The number of nitrogens with zero attached hydrogens (tertiary/aromatic N) is 2. The van der Waals surface area contributed by atoms with Gasteiger partial charge in [-0.3, -0.25) is 0 Å². The molecule has 8 heteroatoms. The predicted octanol–water partition coefficient (Wildman–Crippen LogP) is 1.24. The first-order chi connectivity index (χ1) is 9.46. The molecule has 0 saturated carbocycles. The maximum atomic E-state index is 12.2. The quantitative estimate of drug-likeness (QED) is 0.840. The number of hydrogen-bond acceptors (Lipinski definition) is 5. The zero-order valence-electron chi connectivity index (χ0n) is 11.3. The van der Waals surface area contributed by atoms with Crippen LogP contribution in [0.25, 0.3) is 0 Å². The second-order valence-electron chi connectivity index (χ2n) is 4.29.